The van der Waals surface area contributed by atoms with Gasteiger partial charge in [-0.15, -0.1) is 0 Å². The minimum atomic E-state index is -0.689. The fourth-order valence-electron chi connectivity index (χ4n) is 1.49. The van der Waals surface area contributed by atoms with Crippen molar-refractivity contribution in [1.82, 2.24) is 5.32 Å². The number of hydrogen-bond acceptors (Lipinski definition) is 6. The first-order valence-electron chi connectivity index (χ1n) is 5.86. The highest BCUT2D eigenvalue weighted by molar-refractivity contribution is 6.33. The Morgan fingerprint density at radius 1 is 1.43 bits per heavy atom. The molecule has 1 rings (SSSR count). The Hall–Kier alpha value is -2.35. The zero-order chi connectivity index (χ0) is 16.0. The predicted octanol–water partition coefficient (Wildman–Crippen LogP) is 1.55. The van der Waals surface area contributed by atoms with Gasteiger partial charge in [-0.05, 0) is 13.0 Å². The van der Waals surface area contributed by atoms with E-state index >= 15 is 0 Å². The fourth-order valence-corrected chi connectivity index (χ4v) is 1.72. The number of esters is 1. The number of hydrogen-bond donors (Lipinski definition) is 1. The number of rotatable bonds is 6. The molecule has 0 atom stereocenters. The SMILES string of the molecule is CCOC(=O)CNC(=O)c1cc(Cl)c([N+](=O)[O-])cc1OC. The van der Waals surface area contributed by atoms with Gasteiger partial charge in [0.15, 0.2) is 0 Å². The summed E-state index contributed by atoms with van der Waals surface area (Å²) in [5.74, 6) is -1.28. The number of methoxy groups -OCH3 is 1. The Labute approximate surface area is 125 Å². The molecule has 9 heteroatoms. The van der Waals surface area contributed by atoms with Gasteiger partial charge in [0, 0.05) is 0 Å². The second-order valence-electron chi connectivity index (χ2n) is 3.75. The second-order valence-corrected chi connectivity index (χ2v) is 4.16. The van der Waals surface area contributed by atoms with E-state index in [1.165, 1.54) is 7.11 Å². The molecule has 1 aromatic carbocycles. The molecule has 0 heterocycles. The predicted molar refractivity (Wildman–Crippen MR) is 73.6 cm³/mol. The minimum Gasteiger partial charge on any atom is -0.496 e. The average Bonchev–Trinajstić information content (AvgIpc) is 2.44. The Morgan fingerprint density at radius 2 is 2.10 bits per heavy atom. The van der Waals surface area contributed by atoms with Crippen LogP contribution >= 0.6 is 11.6 Å². The first kappa shape index (κ1) is 16.7. The standard InChI is InChI=1S/C12H13ClN2O6/c1-3-21-11(16)6-14-12(17)7-4-8(13)9(15(18)19)5-10(7)20-2/h4-5H,3,6H2,1-2H3,(H,14,17). The Morgan fingerprint density at radius 3 is 2.62 bits per heavy atom. The normalized spacial score (nSPS) is 9.86. The largest absolute Gasteiger partial charge is 0.496 e. The number of ether oxygens (including phenoxy) is 2. The highest BCUT2D eigenvalue weighted by Crippen LogP contribution is 2.32. The van der Waals surface area contributed by atoms with Gasteiger partial charge in [-0.2, -0.15) is 0 Å². The van der Waals surface area contributed by atoms with Gasteiger partial charge in [0.05, 0.1) is 30.3 Å². The van der Waals surface area contributed by atoms with Crippen LogP contribution in [0, 0.1) is 10.1 Å². The van der Waals surface area contributed by atoms with Crippen LogP contribution in [0.3, 0.4) is 0 Å². The lowest BCUT2D eigenvalue weighted by atomic mass is 10.1. The average molecular weight is 317 g/mol. The van der Waals surface area contributed by atoms with E-state index in [0.717, 1.165) is 12.1 Å². The van der Waals surface area contributed by atoms with Crippen LogP contribution in [0.5, 0.6) is 5.75 Å². The fraction of sp³-hybridized carbons (Fsp3) is 0.333. The Balaban J connectivity index is 2.96. The molecule has 0 aliphatic carbocycles. The van der Waals surface area contributed by atoms with Crippen molar-refractivity contribution in [3.8, 4) is 5.75 Å². The molecule has 0 aromatic heterocycles. The summed E-state index contributed by atoms with van der Waals surface area (Å²) >= 11 is 5.74. The molecular weight excluding hydrogens is 304 g/mol. The van der Waals surface area contributed by atoms with Crippen molar-refractivity contribution in [1.29, 1.82) is 0 Å². The Kier molecular flexibility index (Phi) is 5.92. The molecule has 1 aromatic rings. The first-order chi connectivity index (χ1) is 9.90. The molecule has 0 saturated heterocycles. The van der Waals surface area contributed by atoms with Crippen molar-refractivity contribution in [2.24, 2.45) is 0 Å². The molecule has 21 heavy (non-hydrogen) atoms. The number of halogens is 1. The van der Waals surface area contributed by atoms with E-state index in [9.17, 15) is 19.7 Å². The molecule has 0 radical (unpaired) electrons. The zero-order valence-corrected chi connectivity index (χ0v) is 12.1. The topological polar surface area (TPSA) is 108 Å². The summed E-state index contributed by atoms with van der Waals surface area (Å²) in [7, 11) is 1.26. The lowest BCUT2D eigenvalue weighted by Gasteiger charge is -2.09. The number of carbonyl (C=O) groups is 2. The van der Waals surface area contributed by atoms with Crippen LogP contribution in [-0.4, -0.2) is 37.1 Å². The monoisotopic (exact) mass is 316 g/mol. The highest BCUT2D eigenvalue weighted by Gasteiger charge is 2.21. The van der Waals surface area contributed by atoms with Gasteiger partial charge in [-0.3, -0.25) is 19.7 Å². The van der Waals surface area contributed by atoms with Crippen LogP contribution in [0.25, 0.3) is 0 Å². The maximum absolute atomic E-state index is 11.9. The van der Waals surface area contributed by atoms with Gasteiger partial charge in [0.25, 0.3) is 11.6 Å². The quantitative estimate of drug-likeness (QED) is 0.484. The molecule has 8 nitrogen and oxygen atoms in total. The van der Waals surface area contributed by atoms with E-state index < -0.39 is 16.8 Å². The maximum atomic E-state index is 11.9. The second kappa shape index (κ2) is 7.44. The van der Waals surface area contributed by atoms with Crippen molar-refractivity contribution in [2.75, 3.05) is 20.3 Å². The zero-order valence-electron chi connectivity index (χ0n) is 11.3. The molecule has 114 valence electrons. The maximum Gasteiger partial charge on any atom is 0.325 e. The van der Waals surface area contributed by atoms with Crippen molar-refractivity contribution in [3.05, 3.63) is 32.8 Å². The van der Waals surface area contributed by atoms with Crippen molar-refractivity contribution < 1.29 is 24.0 Å². The number of amides is 1. The Bertz CT molecular complexity index is 575. The van der Waals surface area contributed by atoms with Crippen LogP contribution < -0.4 is 10.1 Å². The van der Waals surface area contributed by atoms with Crippen LogP contribution in [0.4, 0.5) is 5.69 Å². The van der Waals surface area contributed by atoms with Gasteiger partial charge in [0.2, 0.25) is 0 Å². The van der Waals surface area contributed by atoms with Gasteiger partial charge in [-0.1, -0.05) is 11.6 Å². The number of nitro benzene ring substituents is 1. The molecule has 0 aliphatic rings. The van der Waals surface area contributed by atoms with Crippen LogP contribution in [0.15, 0.2) is 12.1 Å². The lowest BCUT2D eigenvalue weighted by molar-refractivity contribution is -0.384. The molecule has 1 amide bonds. The third-order valence-corrected chi connectivity index (χ3v) is 2.71. The highest BCUT2D eigenvalue weighted by atomic mass is 35.5. The van der Waals surface area contributed by atoms with Crippen molar-refractivity contribution in [2.45, 2.75) is 6.92 Å². The first-order valence-corrected chi connectivity index (χ1v) is 6.24. The molecule has 1 N–H and O–H groups in total. The summed E-state index contributed by atoms with van der Waals surface area (Å²) in [6, 6.07) is 2.15. The van der Waals surface area contributed by atoms with E-state index in [1.807, 2.05) is 0 Å². The smallest absolute Gasteiger partial charge is 0.325 e. The number of nitrogens with zero attached hydrogens (tertiary/aromatic N) is 1. The molecule has 0 bridgehead atoms. The molecule has 0 fully saturated rings. The molecule has 0 aliphatic heterocycles. The van der Waals surface area contributed by atoms with Gasteiger partial charge >= 0.3 is 5.97 Å². The summed E-state index contributed by atoms with van der Waals surface area (Å²) in [6.45, 7) is 1.50. The van der Waals surface area contributed by atoms with E-state index in [1.54, 1.807) is 6.92 Å². The number of nitrogens with one attached hydrogen (secondary N) is 1. The summed E-state index contributed by atoms with van der Waals surface area (Å²) < 4.78 is 9.59. The number of nitro groups is 1. The third-order valence-electron chi connectivity index (χ3n) is 2.41. The van der Waals surface area contributed by atoms with Gasteiger partial charge < -0.3 is 14.8 Å². The van der Waals surface area contributed by atoms with E-state index in [-0.39, 0.29) is 35.2 Å². The van der Waals surface area contributed by atoms with Crippen molar-refractivity contribution >= 4 is 29.2 Å². The lowest BCUT2D eigenvalue weighted by Crippen LogP contribution is -2.30. The van der Waals surface area contributed by atoms with Crippen molar-refractivity contribution in [3.63, 3.8) is 0 Å². The number of carbonyl (C=O) groups excluding carboxylic acids is 2. The third kappa shape index (κ3) is 4.32. The van der Waals surface area contributed by atoms with Crippen LogP contribution in [0.2, 0.25) is 5.02 Å². The summed E-state index contributed by atoms with van der Waals surface area (Å²) in [5, 5.41) is 12.9. The summed E-state index contributed by atoms with van der Waals surface area (Å²) in [6.07, 6.45) is 0. The van der Waals surface area contributed by atoms with E-state index in [4.69, 9.17) is 16.3 Å². The molecule has 0 saturated carbocycles. The summed E-state index contributed by atoms with van der Waals surface area (Å²) in [4.78, 5) is 33.2. The molecular formula is C12H13ClN2O6. The van der Waals surface area contributed by atoms with Gasteiger partial charge in [0.1, 0.15) is 17.3 Å². The van der Waals surface area contributed by atoms with E-state index in [2.05, 4.69) is 10.1 Å². The van der Waals surface area contributed by atoms with Crippen LogP contribution in [-0.2, 0) is 9.53 Å². The van der Waals surface area contributed by atoms with Gasteiger partial charge in [-0.25, -0.2) is 0 Å². The van der Waals surface area contributed by atoms with E-state index in [0.29, 0.717) is 0 Å². The minimum absolute atomic E-state index is 0.0163. The molecule has 0 spiro atoms. The van der Waals surface area contributed by atoms with Crippen LogP contribution in [0.1, 0.15) is 17.3 Å². The molecule has 0 unspecified atom stereocenters. The summed E-state index contributed by atoms with van der Waals surface area (Å²) in [5.41, 5.74) is -0.396. The number of benzene rings is 1.